The first-order valence-electron chi connectivity index (χ1n) is 5.57. The highest BCUT2D eigenvalue weighted by molar-refractivity contribution is 5.82. The number of nitrogens with one attached hydrogen (secondary N) is 2. The molecule has 0 rings (SSSR count). The summed E-state index contributed by atoms with van der Waals surface area (Å²) in [4.78, 5) is 22.0. The normalized spacial score (nSPS) is 11.7. The Morgan fingerprint density at radius 1 is 1.44 bits per heavy atom. The van der Waals surface area contributed by atoms with Crippen LogP contribution in [0.15, 0.2) is 12.2 Å². The van der Waals surface area contributed by atoms with Crippen molar-refractivity contribution >= 4 is 12.0 Å². The van der Waals surface area contributed by atoms with Gasteiger partial charge in [0, 0.05) is 19.6 Å². The Hall–Kier alpha value is -1.60. The van der Waals surface area contributed by atoms with Crippen LogP contribution in [0.25, 0.3) is 0 Å². The van der Waals surface area contributed by atoms with Gasteiger partial charge in [-0.1, -0.05) is 12.2 Å². The van der Waals surface area contributed by atoms with Crippen molar-refractivity contribution in [2.24, 2.45) is 0 Å². The number of rotatable bonds is 9. The molecule has 0 fully saturated rings. The van der Waals surface area contributed by atoms with Crippen LogP contribution in [0.5, 0.6) is 0 Å². The van der Waals surface area contributed by atoms with Gasteiger partial charge in [0.15, 0.2) is 0 Å². The Morgan fingerprint density at radius 2 is 2.11 bits per heavy atom. The van der Waals surface area contributed by atoms with E-state index in [-0.39, 0.29) is 19.6 Å². The van der Waals surface area contributed by atoms with E-state index in [9.17, 15) is 9.59 Å². The SMILES string of the molecule is C=C(C)COCCNC(=O)N[C@@H](CCO)C(=O)O. The number of carboxylic acid groups (broad SMARTS) is 1. The number of urea groups is 1. The molecule has 0 saturated carbocycles. The number of hydrogen-bond donors (Lipinski definition) is 4. The van der Waals surface area contributed by atoms with E-state index >= 15 is 0 Å². The van der Waals surface area contributed by atoms with Crippen LogP contribution in [-0.4, -0.2) is 54.6 Å². The van der Waals surface area contributed by atoms with Gasteiger partial charge in [-0.15, -0.1) is 0 Å². The molecule has 4 N–H and O–H groups in total. The topological polar surface area (TPSA) is 108 Å². The fraction of sp³-hybridized carbons (Fsp3) is 0.636. The molecule has 0 aliphatic rings. The Kier molecular flexibility index (Phi) is 8.59. The molecule has 0 bridgehead atoms. The zero-order valence-corrected chi connectivity index (χ0v) is 10.4. The highest BCUT2D eigenvalue weighted by Crippen LogP contribution is 1.91. The quantitative estimate of drug-likeness (QED) is 0.337. The molecule has 18 heavy (non-hydrogen) atoms. The summed E-state index contributed by atoms with van der Waals surface area (Å²) >= 11 is 0. The summed E-state index contributed by atoms with van der Waals surface area (Å²) in [6.45, 7) is 6.18. The Bertz CT molecular complexity index is 293. The molecule has 0 aromatic heterocycles. The van der Waals surface area contributed by atoms with E-state index < -0.39 is 18.0 Å². The highest BCUT2D eigenvalue weighted by Gasteiger charge is 2.18. The first-order chi connectivity index (χ1) is 8.47. The fourth-order valence-corrected chi connectivity index (χ4v) is 1.08. The Balaban J connectivity index is 3.74. The van der Waals surface area contributed by atoms with E-state index in [1.54, 1.807) is 0 Å². The maximum Gasteiger partial charge on any atom is 0.326 e. The average Bonchev–Trinajstić information content (AvgIpc) is 2.27. The second-order valence-corrected chi connectivity index (χ2v) is 3.81. The molecule has 0 radical (unpaired) electrons. The molecular formula is C11H20N2O5. The average molecular weight is 260 g/mol. The molecule has 1 atom stereocenters. The number of aliphatic hydroxyl groups excluding tert-OH is 1. The maximum absolute atomic E-state index is 11.3. The van der Waals surface area contributed by atoms with Gasteiger partial charge in [0.2, 0.25) is 0 Å². The van der Waals surface area contributed by atoms with Crippen molar-refractivity contribution in [1.82, 2.24) is 10.6 Å². The lowest BCUT2D eigenvalue weighted by Crippen LogP contribution is -2.47. The number of ether oxygens (including phenoxy) is 1. The fourth-order valence-electron chi connectivity index (χ4n) is 1.08. The highest BCUT2D eigenvalue weighted by atomic mass is 16.5. The van der Waals surface area contributed by atoms with Crippen LogP contribution in [-0.2, 0) is 9.53 Å². The maximum atomic E-state index is 11.3. The standard InChI is InChI=1S/C11H20N2O5/c1-8(2)7-18-6-4-12-11(17)13-9(3-5-14)10(15)16/h9,14H,1,3-7H2,2H3,(H,15,16)(H2,12,13,17)/t9-/m0/s1. The Morgan fingerprint density at radius 3 is 2.61 bits per heavy atom. The summed E-state index contributed by atoms with van der Waals surface area (Å²) in [5.41, 5.74) is 0.883. The molecule has 0 spiro atoms. The lowest BCUT2D eigenvalue weighted by atomic mass is 10.2. The molecule has 0 aliphatic carbocycles. The molecule has 7 heteroatoms. The Labute approximate surface area is 106 Å². The summed E-state index contributed by atoms with van der Waals surface area (Å²) in [6.07, 6.45) is -0.0328. The van der Waals surface area contributed by atoms with Crippen LogP contribution in [0.3, 0.4) is 0 Å². The van der Waals surface area contributed by atoms with Crippen LogP contribution < -0.4 is 10.6 Å². The van der Waals surface area contributed by atoms with Crippen molar-refractivity contribution in [3.8, 4) is 0 Å². The van der Waals surface area contributed by atoms with Gasteiger partial charge >= 0.3 is 12.0 Å². The van der Waals surface area contributed by atoms with Gasteiger partial charge in [0.1, 0.15) is 6.04 Å². The third kappa shape index (κ3) is 8.54. The van der Waals surface area contributed by atoms with E-state index in [4.69, 9.17) is 14.9 Å². The van der Waals surface area contributed by atoms with Gasteiger partial charge in [-0.05, 0) is 6.92 Å². The van der Waals surface area contributed by atoms with E-state index in [0.717, 1.165) is 5.57 Å². The van der Waals surface area contributed by atoms with Crippen LogP contribution in [0.1, 0.15) is 13.3 Å². The smallest absolute Gasteiger partial charge is 0.326 e. The summed E-state index contributed by atoms with van der Waals surface area (Å²) in [5.74, 6) is -1.18. The molecule has 0 aromatic carbocycles. The van der Waals surface area contributed by atoms with Crippen molar-refractivity contribution < 1.29 is 24.5 Å². The second kappa shape index (κ2) is 9.43. The summed E-state index contributed by atoms with van der Waals surface area (Å²) < 4.78 is 5.15. The van der Waals surface area contributed by atoms with Crippen LogP contribution in [0, 0.1) is 0 Å². The molecule has 0 unspecified atom stereocenters. The molecule has 2 amide bonds. The summed E-state index contributed by atoms with van der Waals surface area (Å²) in [5, 5.41) is 22.1. The largest absolute Gasteiger partial charge is 0.480 e. The van der Waals surface area contributed by atoms with Gasteiger partial charge in [-0.3, -0.25) is 0 Å². The van der Waals surface area contributed by atoms with Gasteiger partial charge in [0.25, 0.3) is 0 Å². The summed E-state index contributed by atoms with van der Waals surface area (Å²) in [6, 6.07) is -1.69. The molecule has 0 aliphatic heterocycles. The third-order valence-electron chi connectivity index (χ3n) is 1.90. The predicted octanol–water partition coefficient (Wildman–Crippen LogP) is -0.286. The van der Waals surface area contributed by atoms with E-state index in [1.807, 2.05) is 6.92 Å². The minimum atomic E-state index is -1.18. The molecule has 0 heterocycles. The first kappa shape index (κ1) is 16.4. The van der Waals surface area contributed by atoms with Crippen molar-refractivity contribution in [2.45, 2.75) is 19.4 Å². The number of carbonyl (C=O) groups is 2. The van der Waals surface area contributed by atoms with Crippen molar-refractivity contribution in [3.05, 3.63) is 12.2 Å². The third-order valence-corrected chi connectivity index (χ3v) is 1.90. The molecular weight excluding hydrogens is 240 g/mol. The number of amides is 2. The lowest BCUT2D eigenvalue weighted by molar-refractivity contribution is -0.139. The minimum absolute atomic E-state index is 0.0328. The predicted molar refractivity (Wildman–Crippen MR) is 65.3 cm³/mol. The van der Waals surface area contributed by atoms with Gasteiger partial charge in [0.05, 0.1) is 13.2 Å². The van der Waals surface area contributed by atoms with Gasteiger partial charge < -0.3 is 25.6 Å². The second-order valence-electron chi connectivity index (χ2n) is 3.81. The van der Waals surface area contributed by atoms with Crippen molar-refractivity contribution in [2.75, 3.05) is 26.4 Å². The number of hydrogen-bond acceptors (Lipinski definition) is 4. The van der Waals surface area contributed by atoms with E-state index in [1.165, 1.54) is 0 Å². The number of carboxylic acids is 1. The minimum Gasteiger partial charge on any atom is -0.480 e. The molecule has 0 saturated heterocycles. The number of aliphatic carboxylic acids is 1. The molecule has 0 aromatic rings. The van der Waals surface area contributed by atoms with Gasteiger partial charge in [-0.25, -0.2) is 9.59 Å². The van der Waals surface area contributed by atoms with E-state index in [2.05, 4.69) is 17.2 Å². The first-order valence-corrected chi connectivity index (χ1v) is 5.57. The van der Waals surface area contributed by atoms with Crippen LogP contribution >= 0.6 is 0 Å². The van der Waals surface area contributed by atoms with E-state index in [0.29, 0.717) is 13.2 Å². The lowest BCUT2D eigenvalue weighted by Gasteiger charge is -2.14. The monoisotopic (exact) mass is 260 g/mol. The zero-order valence-electron chi connectivity index (χ0n) is 10.4. The van der Waals surface area contributed by atoms with Crippen molar-refractivity contribution in [3.63, 3.8) is 0 Å². The van der Waals surface area contributed by atoms with Crippen LogP contribution in [0.2, 0.25) is 0 Å². The summed E-state index contributed by atoms with van der Waals surface area (Å²) in [7, 11) is 0. The number of carbonyl (C=O) groups excluding carboxylic acids is 1. The van der Waals surface area contributed by atoms with Crippen LogP contribution in [0.4, 0.5) is 4.79 Å². The number of aliphatic hydroxyl groups is 1. The molecule has 104 valence electrons. The van der Waals surface area contributed by atoms with Crippen molar-refractivity contribution in [1.29, 1.82) is 0 Å². The van der Waals surface area contributed by atoms with Gasteiger partial charge in [-0.2, -0.15) is 0 Å². The zero-order chi connectivity index (χ0) is 14.0. The molecule has 7 nitrogen and oxygen atoms in total.